The SMILES string of the molecule is C1CCC1.CN(C)NC(=O)c1ccc(Cl)c(S(N)(=O)=O)c1. The molecule has 0 aromatic heterocycles. The van der Waals surface area contributed by atoms with Crippen molar-refractivity contribution >= 4 is 27.5 Å². The topological polar surface area (TPSA) is 92.5 Å². The van der Waals surface area contributed by atoms with Crippen LogP contribution in [0.5, 0.6) is 0 Å². The molecule has 1 saturated carbocycles. The Labute approximate surface area is 130 Å². The van der Waals surface area contributed by atoms with Gasteiger partial charge in [0.05, 0.1) is 5.02 Å². The molecular formula is C13H20ClN3O3S. The second-order valence-corrected chi connectivity index (χ2v) is 6.88. The fourth-order valence-electron chi connectivity index (χ4n) is 1.38. The molecule has 21 heavy (non-hydrogen) atoms. The van der Waals surface area contributed by atoms with E-state index in [1.807, 2.05) is 0 Å². The third-order valence-corrected chi connectivity index (χ3v) is 4.22. The van der Waals surface area contributed by atoms with Crippen LogP contribution in [0.2, 0.25) is 5.02 Å². The van der Waals surface area contributed by atoms with E-state index >= 15 is 0 Å². The second kappa shape index (κ2) is 7.74. The number of halogens is 1. The molecule has 0 atom stereocenters. The standard InChI is InChI=1S/C9H12ClN3O3S.C4H8/c1-13(2)12-9(14)6-3-4-7(10)8(5-6)17(11,15)16;1-2-4-3-1/h3-5H,1-2H3,(H,12,14)(H2,11,15,16);1-4H2. The molecule has 1 fully saturated rings. The highest BCUT2D eigenvalue weighted by molar-refractivity contribution is 7.89. The lowest BCUT2D eigenvalue weighted by Gasteiger charge is -2.12. The van der Waals surface area contributed by atoms with Crippen LogP contribution < -0.4 is 10.6 Å². The molecule has 0 spiro atoms. The van der Waals surface area contributed by atoms with Crippen molar-refractivity contribution in [3.8, 4) is 0 Å². The van der Waals surface area contributed by atoms with E-state index in [0.717, 1.165) is 6.07 Å². The number of carbonyl (C=O) groups excluding carboxylic acids is 1. The summed E-state index contributed by atoms with van der Waals surface area (Å²) in [5.74, 6) is -0.448. The molecule has 0 heterocycles. The fraction of sp³-hybridized carbons (Fsp3) is 0.462. The van der Waals surface area contributed by atoms with Gasteiger partial charge in [-0.3, -0.25) is 10.2 Å². The van der Waals surface area contributed by atoms with Crippen molar-refractivity contribution in [3.63, 3.8) is 0 Å². The number of benzene rings is 1. The summed E-state index contributed by atoms with van der Waals surface area (Å²) in [5, 5.41) is 6.39. The predicted octanol–water partition coefficient (Wildman–Crippen LogP) is 1.75. The number of sulfonamides is 1. The minimum absolute atomic E-state index is 0.0195. The molecule has 6 nitrogen and oxygen atoms in total. The van der Waals surface area contributed by atoms with Gasteiger partial charge < -0.3 is 0 Å². The Morgan fingerprint density at radius 2 is 1.76 bits per heavy atom. The van der Waals surface area contributed by atoms with Crippen LogP contribution in [-0.4, -0.2) is 33.4 Å². The van der Waals surface area contributed by atoms with Crippen LogP contribution in [-0.2, 0) is 10.0 Å². The Morgan fingerprint density at radius 3 is 2.14 bits per heavy atom. The lowest BCUT2D eigenvalue weighted by molar-refractivity contribution is 0.0856. The van der Waals surface area contributed by atoms with Gasteiger partial charge in [0.2, 0.25) is 10.0 Å². The van der Waals surface area contributed by atoms with Gasteiger partial charge in [-0.25, -0.2) is 18.6 Å². The van der Waals surface area contributed by atoms with E-state index in [4.69, 9.17) is 16.7 Å². The monoisotopic (exact) mass is 333 g/mol. The molecule has 0 aliphatic heterocycles. The average Bonchev–Trinajstić information content (AvgIpc) is 2.24. The van der Waals surface area contributed by atoms with E-state index in [0.29, 0.717) is 0 Å². The normalized spacial score (nSPS) is 14.0. The Hall–Kier alpha value is -1.15. The quantitative estimate of drug-likeness (QED) is 0.824. The smallest absolute Gasteiger partial charge is 0.265 e. The van der Waals surface area contributed by atoms with Gasteiger partial charge in [0.1, 0.15) is 4.90 Å². The van der Waals surface area contributed by atoms with Crippen molar-refractivity contribution < 1.29 is 13.2 Å². The van der Waals surface area contributed by atoms with Gasteiger partial charge in [-0.15, -0.1) is 0 Å². The first-order chi connectivity index (χ1) is 9.71. The molecule has 0 unspecified atom stereocenters. The summed E-state index contributed by atoms with van der Waals surface area (Å²) < 4.78 is 22.4. The summed E-state index contributed by atoms with van der Waals surface area (Å²) in [6.07, 6.45) is 6.00. The van der Waals surface area contributed by atoms with Gasteiger partial charge in [0.15, 0.2) is 0 Å². The zero-order valence-corrected chi connectivity index (χ0v) is 13.7. The van der Waals surface area contributed by atoms with Crippen molar-refractivity contribution in [3.05, 3.63) is 28.8 Å². The molecule has 1 amide bonds. The van der Waals surface area contributed by atoms with Gasteiger partial charge in [0, 0.05) is 19.7 Å². The number of nitrogens with one attached hydrogen (secondary N) is 1. The first kappa shape index (κ1) is 17.9. The lowest BCUT2D eigenvalue weighted by Crippen LogP contribution is -2.36. The maximum atomic E-state index is 11.6. The summed E-state index contributed by atoms with van der Waals surface area (Å²) >= 11 is 5.69. The Kier molecular flexibility index (Phi) is 6.60. The molecule has 3 N–H and O–H groups in total. The van der Waals surface area contributed by atoms with Crippen molar-refractivity contribution in [2.45, 2.75) is 30.6 Å². The third-order valence-electron chi connectivity index (χ3n) is 2.83. The maximum absolute atomic E-state index is 11.6. The number of carbonyl (C=O) groups is 1. The van der Waals surface area contributed by atoms with E-state index in [-0.39, 0.29) is 15.5 Å². The molecule has 1 aliphatic carbocycles. The molecule has 118 valence electrons. The van der Waals surface area contributed by atoms with Crippen LogP contribution in [0.1, 0.15) is 36.0 Å². The molecule has 0 radical (unpaired) electrons. The average molecular weight is 334 g/mol. The summed E-state index contributed by atoms with van der Waals surface area (Å²) in [4.78, 5) is 11.3. The van der Waals surface area contributed by atoms with Crippen molar-refractivity contribution in [1.29, 1.82) is 0 Å². The minimum atomic E-state index is -3.94. The zero-order chi connectivity index (χ0) is 16.0. The van der Waals surface area contributed by atoms with Gasteiger partial charge >= 0.3 is 0 Å². The highest BCUT2D eigenvalue weighted by atomic mass is 35.5. The van der Waals surface area contributed by atoms with Gasteiger partial charge in [0.25, 0.3) is 5.91 Å². The zero-order valence-electron chi connectivity index (χ0n) is 12.1. The van der Waals surface area contributed by atoms with E-state index < -0.39 is 15.9 Å². The second-order valence-electron chi connectivity index (χ2n) is 4.94. The van der Waals surface area contributed by atoms with E-state index in [9.17, 15) is 13.2 Å². The van der Waals surface area contributed by atoms with Gasteiger partial charge in [-0.05, 0) is 18.2 Å². The molecule has 8 heteroatoms. The van der Waals surface area contributed by atoms with Crippen LogP contribution in [0.15, 0.2) is 23.1 Å². The van der Waals surface area contributed by atoms with Crippen LogP contribution in [0, 0.1) is 0 Å². The lowest BCUT2D eigenvalue weighted by atomic mass is 10.0. The highest BCUT2D eigenvalue weighted by Gasteiger charge is 2.16. The number of hydrogen-bond acceptors (Lipinski definition) is 4. The van der Waals surface area contributed by atoms with Crippen LogP contribution in [0.25, 0.3) is 0 Å². The summed E-state index contributed by atoms with van der Waals surface area (Å²) in [6.45, 7) is 0. The summed E-state index contributed by atoms with van der Waals surface area (Å²) in [5.41, 5.74) is 2.63. The molecule has 1 aromatic carbocycles. The summed E-state index contributed by atoms with van der Waals surface area (Å²) in [6, 6.07) is 3.86. The predicted molar refractivity (Wildman–Crippen MR) is 82.4 cm³/mol. The first-order valence-electron chi connectivity index (χ1n) is 6.52. The van der Waals surface area contributed by atoms with Crippen LogP contribution in [0.4, 0.5) is 0 Å². The maximum Gasteiger partial charge on any atom is 0.265 e. The number of nitrogens with two attached hydrogens (primary N) is 1. The summed E-state index contributed by atoms with van der Waals surface area (Å²) in [7, 11) is -0.677. The van der Waals surface area contributed by atoms with Crippen LogP contribution >= 0.6 is 11.6 Å². The van der Waals surface area contributed by atoms with E-state index in [2.05, 4.69) is 5.43 Å². The number of nitrogens with zero attached hydrogens (tertiary/aromatic N) is 1. The largest absolute Gasteiger partial charge is 0.285 e. The first-order valence-corrected chi connectivity index (χ1v) is 8.45. The minimum Gasteiger partial charge on any atom is -0.285 e. The number of hydrogen-bond donors (Lipinski definition) is 2. The molecular weight excluding hydrogens is 314 g/mol. The van der Waals surface area contributed by atoms with Crippen LogP contribution in [0.3, 0.4) is 0 Å². The van der Waals surface area contributed by atoms with Crippen molar-refractivity contribution in [2.24, 2.45) is 5.14 Å². The fourth-order valence-corrected chi connectivity index (χ4v) is 2.45. The number of primary sulfonamides is 1. The Morgan fingerprint density at radius 1 is 1.24 bits per heavy atom. The van der Waals surface area contributed by atoms with Crippen molar-refractivity contribution in [2.75, 3.05) is 14.1 Å². The molecule has 0 saturated heterocycles. The molecule has 1 aromatic rings. The van der Waals surface area contributed by atoms with Gasteiger partial charge in [-0.1, -0.05) is 37.3 Å². The van der Waals surface area contributed by atoms with Crippen molar-refractivity contribution in [1.82, 2.24) is 10.4 Å². The number of amides is 1. The van der Waals surface area contributed by atoms with E-state index in [1.165, 1.54) is 42.8 Å². The Bertz CT molecular complexity index is 595. The number of hydrazine groups is 1. The number of rotatable bonds is 3. The molecule has 1 aliphatic rings. The van der Waals surface area contributed by atoms with E-state index in [1.54, 1.807) is 14.1 Å². The Balaban J connectivity index is 0.000000471. The van der Waals surface area contributed by atoms with Gasteiger partial charge in [-0.2, -0.15) is 0 Å². The molecule has 0 bridgehead atoms. The third kappa shape index (κ3) is 6.01. The highest BCUT2D eigenvalue weighted by Crippen LogP contribution is 2.21. The molecule has 2 rings (SSSR count).